The fraction of sp³-hybridized carbons (Fsp3) is 0.600. The lowest BCUT2D eigenvalue weighted by Gasteiger charge is -2.34. The molecule has 0 aromatic heterocycles. The van der Waals surface area contributed by atoms with E-state index in [9.17, 15) is 5.11 Å². The second-order valence-electron chi connectivity index (χ2n) is 5.72. The Labute approximate surface area is 136 Å². The highest BCUT2D eigenvalue weighted by Gasteiger charge is 2.24. The van der Waals surface area contributed by atoms with Crippen molar-refractivity contribution in [1.29, 1.82) is 0 Å². The summed E-state index contributed by atoms with van der Waals surface area (Å²) in [5.41, 5.74) is 0.194. The van der Waals surface area contributed by atoms with E-state index in [0.717, 1.165) is 31.9 Å². The molecule has 0 bridgehead atoms. The maximum Gasteiger partial charge on any atom is 0.0869 e. The molecule has 1 heterocycles. The standard InChI is InChI=1S/C15H22Cl2N2O2/c1-15(20,11-19-4-6-21-7-5-19)10-18-9-12-2-3-13(16)8-14(12)17/h2-3,8,18,20H,4-7,9-11H2,1H3. The van der Waals surface area contributed by atoms with Crippen molar-refractivity contribution in [3.63, 3.8) is 0 Å². The van der Waals surface area contributed by atoms with E-state index < -0.39 is 5.60 Å². The molecule has 1 aromatic carbocycles. The van der Waals surface area contributed by atoms with Crippen molar-refractivity contribution in [2.45, 2.75) is 19.1 Å². The van der Waals surface area contributed by atoms with Crippen LogP contribution in [0.15, 0.2) is 18.2 Å². The molecule has 4 nitrogen and oxygen atoms in total. The number of nitrogens with one attached hydrogen (secondary N) is 1. The number of rotatable bonds is 6. The summed E-state index contributed by atoms with van der Waals surface area (Å²) in [5, 5.41) is 15.0. The topological polar surface area (TPSA) is 44.7 Å². The summed E-state index contributed by atoms with van der Waals surface area (Å²) in [6.45, 7) is 6.82. The van der Waals surface area contributed by atoms with Crippen molar-refractivity contribution in [1.82, 2.24) is 10.2 Å². The number of morpholine rings is 1. The maximum absolute atomic E-state index is 10.5. The largest absolute Gasteiger partial charge is 0.388 e. The minimum atomic E-state index is -0.782. The van der Waals surface area contributed by atoms with Crippen LogP contribution >= 0.6 is 23.2 Å². The van der Waals surface area contributed by atoms with Crippen LogP contribution < -0.4 is 5.32 Å². The van der Waals surface area contributed by atoms with Gasteiger partial charge < -0.3 is 15.2 Å². The van der Waals surface area contributed by atoms with Gasteiger partial charge in [0, 0.05) is 42.8 Å². The Hall–Kier alpha value is -0.360. The van der Waals surface area contributed by atoms with E-state index in [2.05, 4.69) is 10.2 Å². The van der Waals surface area contributed by atoms with Crippen LogP contribution in [0.25, 0.3) is 0 Å². The fourth-order valence-corrected chi connectivity index (χ4v) is 2.90. The lowest BCUT2D eigenvalue weighted by atomic mass is 10.1. The Morgan fingerprint density at radius 1 is 1.33 bits per heavy atom. The molecular formula is C15H22Cl2N2O2. The van der Waals surface area contributed by atoms with Crippen LogP contribution in [0.3, 0.4) is 0 Å². The van der Waals surface area contributed by atoms with Gasteiger partial charge in [-0.3, -0.25) is 4.90 Å². The van der Waals surface area contributed by atoms with Gasteiger partial charge in [0.15, 0.2) is 0 Å². The number of aliphatic hydroxyl groups is 1. The Morgan fingerprint density at radius 2 is 2.05 bits per heavy atom. The molecule has 0 spiro atoms. The number of hydrogen-bond donors (Lipinski definition) is 2. The van der Waals surface area contributed by atoms with Crippen LogP contribution in [-0.2, 0) is 11.3 Å². The minimum absolute atomic E-state index is 0.503. The molecule has 0 radical (unpaired) electrons. The van der Waals surface area contributed by atoms with Crippen LogP contribution in [0.4, 0.5) is 0 Å². The highest BCUT2D eigenvalue weighted by atomic mass is 35.5. The zero-order valence-corrected chi connectivity index (χ0v) is 13.8. The van der Waals surface area contributed by atoms with Crippen LogP contribution in [0.1, 0.15) is 12.5 Å². The molecular weight excluding hydrogens is 311 g/mol. The Kier molecular flexibility index (Phi) is 6.29. The number of nitrogens with zero attached hydrogens (tertiary/aromatic N) is 1. The predicted octanol–water partition coefficient (Wildman–Crippen LogP) is 2.17. The average Bonchev–Trinajstić information content (AvgIpc) is 2.42. The summed E-state index contributed by atoms with van der Waals surface area (Å²) in [6, 6.07) is 5.44. The van der Waals surface area contributed by atoms with Gasteiger partial charge in [-0.2, -0.15) is 0 Å². The molecule has 1 atom stereocenters. The summed E-state index contributed by atoms with van der Waals surface area (Å²) in [4.78, 5) is 2.22. The molecule has 1 fully saturated rings. The molecule has 118 valence electrons. The van der Waals surface area contributed by atoms with Crippen LogP contribution in [-0.4, -0.2) is 55.0 Å². The molecule has 0 aliphatic carbocycles. The van der Waals surface area contributed by atoms with E-state index in [1.807, 2.05) is 19.1 Å². The molecule has 6 heteroatoms. The van der Waals surface area contributed by atoms with Gasteiger partial charge in [0.1, 0.15) is 0 Å². The molecule has 0 saturated carbocycles. The first-order valence-corrected chi connectivity index (χ1v) is 7.89. The van der Waals surface area contributed by atoms with Crippen molar-refractivity contribution in [2.75, 3.05) is 39.4 Å². The molecule has 1 unspecified atom stereocenters. The van der Waals surface area contributed by atoms with Crippen molar-refractivity contribution in [3.8, 4) is 0 Å². The van der Waals surface area contributed by atoms with Crippen molar-refractivity contribution in [3.05, 3.63) is 33.8 Å². The number of ether oxygens (including phenoxy) is 1. The molecule has 21 heavy (non-hydrogen) atoms. The van der Waals surface area contributed by atoms with Gasteiger partial charge in [0.05, 0.1) is 18.8 Å². The first-order chi connectivity index (χ1) is 9.96. The molecule has 1 aliphatic rings. The van der Waals surface area contributed by atoms with Gasteiger partial charge in [-0.1, -0.05) is 29.3 Å². The van der Waals surface area contributed by atoms with E-state index in [4.69, 9.17) is 27.9 Å². The van der Waals surface area contributed by atoms with Crippen molar-refractivity contribution >= 4 is 23.2 Å². The zero-order valence-electron chi connectivity index (χ0n) is 12.2. The normalized spacial score (nSPS) is 19.4. The van der Waals surface area contributed by atoms with Crippen molar-refractivity contribution < 1.29 is 9.84 Å². The summed E-state index contributed by atoms with van der Waals surface area (Å²) in [7, 11) is 0. The molecule has 1 saturated heterocycles. The molecule has 2 rings (SSSR count). The lowest BCUT2D eigenvalue weighted by Crippen LogP contribution is -2.50. The highest BCUT2D eigenvalue weighted by Crippen LogP contribution is 2.20. The Morgan fingerprint density at radius 3 is 2.71 bits per heavy atom. The van der Waals surface area contributed by atoms with Gasteiger partial charge in [-0.25, -0.2) is 0 Å². The second kappa shape index (κ2) is 7.77. The SMILES string of the molecule is CC(O)(CNCc1ccc(Cl)cc1Cl)CN1CCOCC1. The van der Waals surface area contributed by atoms with Crippen LogP contribution in [0.2, 0.25) is 10.0 Å². The van der Waals surface area contributed by atoms with Gasteiger partial charge >= 0.3 is 0 Å². The third-order valence-electron chi connectivity index (χ3n) is 3.50. The van der Waals surface area contributed by atoms with E-state index in [1.165, 1.54) is 0 Å². The van der Waals surface area contributed by atoms with Gasteiger partial charge in [-0.05, 0) is 24.6 Å². The third kappa shape index (κ3) is 5.74. The van der Waals surface area contributed by atoms with Crippen LogP contribution in [0, 0.1) is 0 Å². The van der Waals surface area contributed by atoms with E-state index in [1.54, 1.807) is 6.07 Å². The smallest absolute Gasteiger partial charge is 0.0869 e. The monoisotopic (exact) mass is 332 g/mol. The van der Waals surface area contributed by atoms with E-state index >= 15 is 0 Å². The fourth-order valence-electron chi connectivity index (χ4n) is 2.43. The number of β-amino-alcohol motifs (C(OH)–C–C–N with tert-alkyl or cyclic N) is 1. The molecule has 0 amide bonds. The molecule has 1 aromatic rings. The number of benzene rings is 1. The third-order valence-corrected chi connectivity index (χ3v) is 4.09. The lowest BCUT2D eigenvalue weighted by molar-refractivity contribution is -0.0219. The summed E-state index contributed by atoms with van der Waals surface area (Å²) < 4.78 is 5.31. The van der Waals surface area contributed by atoms with E-state index in [-0.39, 0.29) is 0 Å². The first-order valence-electron chi connectivity index (χ1n) is 7.13. The second-order valence-corrected chi connectivity index (χ2v) is 6.57. The highest BCUT2D eigenvalue weighted by molar-refractivity contribution is 6.35. The molecule has 1 aliphatic heterocycles. The number of hydrogen-bond acceptors (Lipinski definition) is 4. The average molecular weight is 333 g/mol. The summed E-state index contributed by atoms with van der Waals surface area (Å²) in [6.07, 6.45) is 0. The van der Waals surface area contributed by atoms with Gasteiger partial charge in [0.25, 0.3) is 0 Å². The molecule has 2 N–H and O–H groups in total. The first kappa shape index (κ1) is 17.0. The summed E-state index contributed by atoms with van der Waals surface area (Å²) >= 11 is 12.0. The van der Waals surface area contributed by atoms with Crippen molar-refractivity contribution in [2.24, 2.45) is 0 Å². The Bertz CT molecular complexity index is 463. The maximum atomic E-state index is 10.5. The van der Waals surface area contributed by atoms with Crippen LogP contribution in [0.5, 0.6) is 0 Å². The summed E-state index contributed by atoms with van der Waals surface area (Å²) in [5.74, 6) is 0. The zero-order chi connectivity index (χ0) is 15.3. The Balaban J connectivity index is 1.78. The van der Waals surface area contributed by atoms with Gasteiger partial charge in [0.2, 0.25) is 0 Å². The predicted molar refractivity (Wildman–Crippen MR) is 86.1 cm³/mol. The minimum Gasteiger partial charge on any atom is -0.388 e. The van der Waals surface area contributed by atoms with Gasteiger partial charge in [-0.15, -0.1) is 0 Å². The van der Waals surface area contributed by atoms with E-state index in [0.29, 0.717) is 29.7 Å². The number of halogens is 2. The quantitative estimate of drug-likeness (QED) is 0.838.